The molecule has 0 heterocycles. The molecule has 3 N–H and O–H groups in total. The largest absolute Gasteiger partial charge is 0.508 e. The summed E-state index contributed by atoms with van der Waals surface area (Å²) in [5.41, 5.74) is -1.26. The van der Waals surface area contributed by atoms with Gasteiger partial charge in [-0.1, -0.05) is 6.07 Å². The second-order valence-corrected chi connectivity index (χ2v) is 7.30. The predicted octanol–water partition coefficient (Wildman–Crippen LogP) is 1.17. The van der Waals surface area contributed by atoms with Crippen molar-refractivity contribution in [3.63, 3.8) is 0 Å². The van der Waals surface area contributed by atoms with Crippen molar-refractivity contribution >= 4 is 24.5 Å². The van der Waals surface area contributed by atoms with Crippen molar-refractivity contribution in [2.24, 2.45) is 5.90 Å². The summed E-state index contributed by atoms with van der Waals surface area (Å²) in [7, 11) is -1.43. The molecule has 0 bridgehead atoms. The van der Waals surface area contributed by atoms with E-state index in [-0.39, 0.29) is 16.6 Å². The number of ether oxygens (including phenoxy) is 2. The SMILES string of the molecule is CC(C)(C)OC(=O)c1ccc(B(O)ON)cc1C(=O)OC(C)(C)C. The van der Waals surface area contributed by atoms with Crippen LogP contribution >= 0.6 is 0 Å². The molecule has 0 aliphatic carbocycles. The molecule has 0 radical (unpaired) electrons. The van der Waals surface area contributed by atoms with Crippen molar-refractivity contribution in [1.29, 1.82) is 0 Å². The van der Waals surface area contributed by atoms with E-state index in [9.17, 15) is 14.6 Å². The van der Waals surface area contributed by atoms with Crippen LogP contribution in [0.1, 0.15) is 62.3 Å². The number of carbonyl (C=O) groups excluding carboxylic acids is 2. The fourth-order valence-electron chi connectivity index (χ4n) is 1.81. The Kier molecular flexibility index (Phi) is 6.16. The molecule has 0 spiro atoms. The third kappa shape index (κ3) is 5.95. The number of esters is 2. The van der Waals surface area contributed by atoms with E-state index in [1.54, 1.807) is 41.5 Å². The molecule has 7 nitrogen and oxygen atoms in total. The van der Waals surface area contributed by atoms with E-state index >= 15 is 0 Å². The first-order chi connectivity index (χ1) is 10.8. The van der Waals surface area contributed by atoms with E-state index in [1.165, 1.54) is 18.2 Å². The molecule has 0 saturated heterocycles. The molecule has 0 fully saturated rings. The number of nitrogens with two attached hydrogens (primary N) is 1. The van der Waals surface area contributed by atoms with Gasteiger partial charge in [0.05, 0.1) is 11.1 Å². The molecule has 0 aromatic heterocycles. The van der Waals surface area contributed by atoms with Gasteiger partial charge in [0.2, 0.25) is 0 Å². The summed E-state index contributed by atoms with van der Waals surface area (Å²) >= 11 is 0. The summed E-state index contributed by atoms with van der Waals surface area (Å²) in [5, 5.41) is 9.67. The highest BCUT2D eigenvalue weighted by Gasteiger charge is 2.28. The van der Waals surface area contributed by atoms with Gasteiger partial charge in [0, 0.05) is 0 Å². The van der Waals surface area contributed by atoms with Crippen molar-refractivity contribution in [2.75, 3.05) is 0 Å². The molecule has 24 heavy (non-hydrogen) atoms. The number of hydrogen-bond acceptors (Lipinski definition) is 7. The maximum Gasteiger partial charge on any atom is 0.508 e. The standard InChI is InChI=1S/C16H24BNO6/c1-15(2,3)22-13(19)11-8-7-10(17(21)24-18)9-12(11)14(20)23-16(4,5)6/h7-9,21H,18H2,1-6H3. The van der Waals surface area contributed by atoms with Gasteiger partial charge in [-0.3, -0.25) is 0 Å². The maximum absolute atomic E-state index is 12.4. The van der Waals surface area contributed by atoms with Crippen LogP contribution in [0, 0.1) is 0 Å². The zero-order chi connectivity index (χ0) is 18.7. The maximum atomic E-state index is 12.4. The van der Waals surface area contributed by atoms with Crippen molar-refractivity contribution in [3.8, 4) is 0 Å². The summed E-state index contributed by atoms with van der Waals surface area (Å²) in [6.07, 6.45) is 0. The van der Waals surface area contributed by atoms with E-state index in [0.717, 1.165) is 0 Å². The van der Waals surface area contributed by atoms with Gasteiger partial charge in [0.1, 0.15) is 11.2 Å². The van der Waals surface area contributed by atoms with E-state index in [2.05, 4.69) is 4.76 Å². The normalized spacial score (nSPS) is 11.8. The lowest BCUT2D eigenvalue weighted by Crippen LogP contribution is -2.37. The molecular formula is C16H24BNO6. The number of benzene rings is 1. The van der Waals surface area contributed by atoms with Gasteiger partial charge in [-0.15, -0.1) is 0 Å². The third-order valence-electron chi connectivity index (χ3n) is 2.70. The molecule has 8 heteroatoms. The first-order valence-electron chi connectivity index (χ1n) is 7.48. The van der Waals surface area contributed by atoms with E-state index in [1.807, 2.05) is 0 Å². The van der Waals surface area contributed by atoms with Crippen LogP contribution < -0.4 is 11.4 Å². The van der Waals surface area contributed by atoms with Gasteiger partial charge in [0.15, 0.2) is 0 Å². The lowest BCUT2D eigenvalue weighted by molar-refractivity contribution is 0.00188. The van der Waals surface area contributed by atoms with Crippen molar-refractivity contribution in [3.05, 3.63) is 29.3 Å². The van der Waals surface area contributed by atoms with Gasteiger partial charge >= 0.3 is 19.1 Å². The summed E-state index contributed by atoms with van der Waals surface area (Å²) in [4.78, 5) is 24.8. The van der Waals surface area contributed by atoms with Gasteiger partial charge in [-0.25, -0.2) is 15.5 Å². The van der Waals surface area contributed by atoms with Crippen LogP contribution in [0.2, 0.25) is 0 Å². The van der Waals surface area contributed by atoms with Crippen molar-refractivity contribution < 1.29 is 28.8 Å². The van der Waals surface area contributed by atoms with E-state index in [4.69, 9.17) is 15.4 Å². The molecule has 0 aliphatic rings. The first kappa shape index (κ1) is 20.2. The summed E-state index contributed by atoms with van der Waals surface area (Å²) in [5.74, 6) is 3.57. The molecular weight excluding hydrogens is 313 g/mol. The Morgan fingerprint density at radius 1 is 0.958 bits per heavy atom. The molecule has 0 saturated carbocycles. The molecule has 132 valence electrons. The molecule has 0 atom stereocenters. The predicted molar refractivity (Wildman–Crippen MR) is 89.7 cm³/mol. The molecule has 0 aliphatic heterocycles. The minimum absolute atomic E-state index is 0.0344. The third-order valence-corrected chi connectivity index (χ3v) is 2.70. The van der Waals surface area contributed by atoms with E-state index < -0.39 is 30.3 Å². The van der Waals surface area contributed by atoms with Crippen LogP contribution in [0.15, 0.2) is 18.2 Å². The van der Waals surface area contributed by atoms with Crippen LogP contribution in [-0.2, 0) is 14.2 Å². The molecule has 1 aromatic rings. The van der Waals surface area contributed by atoms with Crippen LogP contribution in [0.4, 0.5) is 0 Å². The summed E-state index contributed by atoms with van der Waals surface area (Å²) in [6, 6.07) is 4.08. The highest BCUT2D eigenvalue weighted by molar-refractivity contribution is 6.60. The van der Waals surface area contributed by atoms with Crippen molar-refractivity contribution in [2.45, 2.75) is 52.7 Å². The lowest BCUT2D eigenvalue weighted by Gasteiger charge is -2.23. The quantitative estimate of drug-likeness (QED) is 0.482. The zero-order valence-corrected chi connectivity index (χ0v) is 14.9. The minimum Gasteiger partial charge on any atom is -0.456 e. The Morgan fingerprint density at radius 3 is 1.83 bits per heavy atom. The fraction of sp³-hybridized carbons (Fsp3) is 0.500. The van der Waals surface area contributed by atoms with Gasteiger partial charge in [-0.2, -0.15) is 0 Å². The average Bonchev–Trinajstić information content (AvgIpc) is 2.42. The Morgan fingerprint density at radius 2 is 1.42 bits per heavy atom. The Bertz CT molecular complexity index is 618. The van der Waals surface area contributed by atoms with Crippen molar-refractivity contribution in [1.82, 2.24) is 0 Å². The van der Waals surface area contributed by atoms with Crippen LogP contribution in [-0.4, -0.2) is 35.3 Å². The fourth-order valence-corrected chi connectivity index (χ4v) is 1.81. The van der Waals surface area contributed by atoms with Gasteiger partial charge < -0.3 is 19.3 Å². The number of hydrogen-bond donors (Lipinski definition) is 2. The molecule has 1 aromatic carbocycles. The average molecular weight is 337 g/mol. The van der Waals surface area contributed by atoms with E-state index in [0.29, 0.717) is 0 Å². The summed E-state index contributed by atoms with van der Waals surface area (Å²) in [6.45, 7) is 10.3. The van der Waals surface area contributed by atoms with Gasteiger partial charge in [0.25, 0.3) is 0 Å². The molecule has 0 unspecified atom stereocenters. The van der Waals surface area contributed by atoms with Crippen LogP contribution in [0.5, 0.6) is 0 Å². The number of rotatable bonds is 4. The van der Waals surface area contributed by atoms with Crippen LogP contribution in [0.3, 0.4) is 0 Å². The monoisotopic (exact) mass is 337 g/mol. The Hall–Kier alpha value is -1.90. The second kappa shape index (κ2) is 7.33. The second-order valence-electron chi connectivity index (χ2n) is 7.30. The summed E-state index contributed by atoms with van der Waals surface area (Å²) < 4.78 is 15.0. The minimum atomic E-state index is -1.43. The number of carbonyl (C=O) groups is 2. The Balaban J connectivity index is 3.32. The van der Waals surface area contributed by atoms with Gasteiger partial charge in [-0.05, 0) is 59.1 Å². The first-order valence-corrected chi connectivity index (χ1v) is 7.48. The molecule has 1 rings (SSSR count). The topological polar surface area (TPSA) is 108 Å². The Labute approximate surface area is 142 Å². The smallest absolute Gasteiger partial charge is 0.456 e. The molecule has 0 amide bonds. The highest BCUT2D eigenvalue weighted by Crippen LogP contribution is 2.18. The lowest BCUT2D eigenvalue weighted by atomic mass is 9.78. The highest BCUT2D eigenvalue weighted by atomic mass is 16.6. The van der Waals surface area contributed by atoms with Crippen LogP contribution in [0.25, 0.3) is 0 Å². The zero-order valence-electron chi connectivity index (χ0n) is 14.9.